The van der Waals surface area contributed by atoms with Gasteiger partial charge in [0, 0.05) is 11.1 Å². The highest BCUT2D eigenvalue weighted by Crippen LogP contribution is 2.26. The third-order valence-corrected chi connectivity index (χ3v) is 3.09. The van der Waals surface area contributed by atoms with Crippen molar-refractivity contribution in [3.63, 3.8) is 0 Å². The maximum absolute atomic E-state index is 6.16. The van der Waals surface area contributed by atoms with E-state index in [1.54, 1.807) is 0 Å². The van der Waals surface area contributed by atoms with Crippen LogP contribution in [-0.4, -0.2) is 0 Å². The van der Waals surface area contributed by atoms with Gasteiger partial charge < -0.3 is 5.73 Å². The molecule has 0 saturated carbocycles. The van der Waals surface area contributed by atoms with Crippen LogP contribution in [0.1, 0.15) is 37.4 Å². The fourth-order valence-corrected chi connectivity index (χ4v) is 1.71. The van der Waals surface area contributed by atoms with E-state index in [1.807, 2.05) is 18.2 Å². The van der Waals surface area contributed by atoms with Gasteiger partial charge in [-0.3, -0.25) is 0 Å². The second kappa shape index (κ2) is 4.81. The van der Waals surface area contributed by atoms with Crippen molar-refractivity contribution < 1.29 is 0 Å². The van der Waals surface area contributed by atoms with Crippen LogP contribution in [0.2, 0.25) is 5.02 Å². The van der Waals surface area contributed by atoms with Crippen LogP contribution in [0.25, 0.3) is 0 Å². The van der Waals surface area contributed by atoms with E-state index < -0.39 is 0 Å². The summed E-state index contributed by atoms with van der Waals surface area (Å²) in [5.74, 6) is 0.493. The van der Waals surface area contributed by atoms with Crippen molar-refractivity contribution in [3.05, 3.63) is 34.3 Å². The van der Waals surface area contributed by atoms with E-state index in [-0.39, 0.29) is 6.04 Å². The molecule has 1 aromatic carbocycles. The number of halogens is 1. The summed E-state index contributed by atoms with van der Waals surface area (Å²) in [6.07, 6.45) is 1.09. The summed E-state index contributed by atoms with van der Waals surface area (Å²) < 4.78 is 0. The molecule has 1 rings (SSSR count). The lowest BCUT2D eigenvalue weighted by atomic mass is 9.91. The Bertz CT molecular complexity index is 309. The monoisotopic (exact) mass is 211 g/mol. The summed E-state index contributed by atoms with van der Waals surface area (Å²) in [6, 6.07) is 6.01. The van der Waals surface area contributed by atoms with Crippen LogP contribution >= 0.6 is 11.6 Å². The molecule has 0 aliphatic carbocycles. The molecular weight excluding hydrogens is 194 g/mol. The molecule has 0 fully saturated rings. The Kier molecular flexibility index (Phi) is 3.97. The number of hydrogen-bond donors (Lipinski definition) is 1. The molecule has 2 atom stereocenters. The van der Waals surface area contributed by atoms with Gasteiger partial charge in [0.25, 0.3) is 0 Å². The SMILES string of the molecule is CCC(C)C(N)c1cc(Cl)ccc1C. The van der Waals surface area contributed by atoms with E-state index in [1.165, 1.54) is 11.1 Å². The van der Waals surface area contributed by atoms with Crippen LogP contribution in [0.4, 0.5) is 0 Å². The van der Waals surface area contributed by atoms with E-state index in [0.717, 1.165) is 11.4 Å². The van der Waals surface area contributed by atoms with Crippen LogP contribution in [0.15, 0.2) is 18.2 Å². The van der Waals surface area contributed by atoms with E-state index in [4.69, 9.17) is 17.3 Å². The summed E-state index contributed by atoms with van der Waals surface area (Å²) in [5, 5.41) is 0.768. The molecule has 14 heavy (non-hydrogen) atoms. The van der Waals surface area contributed by atoms with Gasteiger partial charge in [0.1, 0.15) is 0 Å². The van der Waals surface area contributed by atoms with Gasteiger partial charge >= 0.3 is 0 Å². The highest BCUT2D eigenvalue weighted by molar-refractivity contribution is 6.30. The molecule has 1 aromatic rings. The van der Waals surface area contributed by atoms with Crippen molar-refractivity contribution in [1.82, 2.24) is 0 Å². The number of aryl methyl sites for hydroxylation is 1. The average molecular weight is 212 g/mol. The summed E-state index contributed by atoms with van der Waals surface area (Å²) in [6.45, 7) is 6.41. The Morgan fingerprint density at radius 3 is 2.64 bits per heavy atom. The first kappa shape index (κ1) is 11.5. The van der Waals surface area contributed by atoms with Crippen molar-refractivity contribution in [1.29, 1.82) is 0 Å². The zero-order valence-corrected chi connectivity index (χ0v) is 9.81. The molecular formula is C12H18ClN. The van der Waals surface area contributed by atoms with Crippen molar-refractivity contribution in [2.45, 2.75) is 33.2 Å². The summed E-state index contributed by atoms with van der Waals surface area (Å²) in [4.78, 5) is 0. The number of rotatable bonds is 3. The highest BCUT2D eigenvalue weighted by atomic mass is 35.5. The normalized spacial score (nSPS) is 15.2. The van der Waals surface area contributed by atoms with Gasteiger partial charge in [0.2, 0.25) is 0 Å². The van der Waals surface area contributed by atoms with Gasteiger partial charge in [-0.2, -0.15) is 0 Å². The fourth-order valence-electron chi connectivity index (χ4n) is 1.53. The maximum atomic E-state index is 6.16. The highest BCUT2D eigenvalue weighted by Gasteiger charge is 2.15. The third-order valence-electron chi connectivity index (χ3n) is 2.86. The Morgan fingerprint density at radius 1 is 1.43 bits per heavy atom. The lowest BCUT2D eigenvalue weighted by Crippen LogP contribution is -2.19. The minimum Gasteiger partial charge on any atom is -0.324 e. The topological polar surface area (TPSA) is 26.0 Å². The van der Waals surface area contributed by atoms with Gasteiger partial charge in [0.15, 0.2) is 0 Å². The molecule has 0 heterocycles. The summed E-state index contributed by atoms with van der Waals surface area (Å²) in [7, 11) is 0. The molecule has 78 valence electrons. The zero-order chi connectivity index (χ0) is 10.7. The van der Waals surface area contributed by atoms with Crippen molar-refractivity contribution in [2.24, 2.45) is 11.7 Å². The zero-order valence-electron chi connectivity index (χ0n) is 9.05. The minimum absolute atomic E-state index is 0.0960. The first-order valence-electron chi connectivity index (χ1n) is 5.08. The largest absolute Gasteiger partial charge is 0.324 e. The second-order valence-corrected chi connectivity index (χ2v) is 4.35. The van der Waals surface area contributed by atoms with Gasteiger partial charge in [-0.05, 0) is 36.1 Å². The molecule has 0 bridgehead atoms. The van der Waals surface area contributed by atoms with Crippen LogP contribution in [0.3, 0.4) is 0 Å². The molecule has 0 aliphatic rings. The van der Waals surface area contributed by atoms with Crippen LogP contribution < -0.4 is 5.73 Å². The first-order chi connectivity index (χ1) is 6.56. The van der Waals surface area contributed by atoms with Gasteiger partial charge in [-0.25, -0.2) is 0 Å². The molecule has 1 nitrogen and oxygen atoms in total. The maximum Gasteiger partial charge on any atom is 0.0409 e. The summed E-state index contributed by atoms with van der Waals surface area (Å²) >= 11 is 5.95. The van der Waals surface area contributed by atoms with Gasteiger partial charge in [-0.1, -0.05) is 37.9 Å². The quantitative estimate of drug-likeness (QED) is 0.811. The fraction of sp³-hybridized carbons (Fsp3) is 0.500. The number of hydrogen-bond acceptors (Lipinski definition) is 1. The number of benzene rings is 1. The van der Waals surface area contributed by atoms with E-state index >= 15 is 0 Å². The predicted octanol–water partition coefficient (Wildman–Crippen LogP) is 3.69. The molecule has 0 aliphatic heterocycles. The predicted molar refractivity (Wildman–Crippen MR) is 62.6 cm³/mol. The van der Waals surface area contributed by atoms with E-state index in [9.17, 15) is 0 Å². The molecule has 0 spiro atoms. The standard InChI is InChI=1S/C12H18ClN/c1-4-8(2)12(14)11-7-10(13)6-5-9(11)3/h5-8,12H,4,14H2,1-3H3. The van der Waals surface area contributed by atoms with Crippen LogP contribution in [-0.2, 0) is 0 Å². The Hall–Kier alpha value is -0.530. The number of nitrogens with two attached hydrogens (primary N) is 1. The van der Waals surface area contributed by atoms with Crippen molar-refractivity contribution in [3.8, 4) is 0 Å². The summed E-state index contributed by atoms with van der Waals surface area (Å²) in [5.41, 5.74) is 8.56. The van der Waals surface area contributed by atoms with Crippen LogP contribution in [0.5, 0.6) is 0 Å². The van der Waals surface area contributed by atoms with Crippen molar-refractivity contribution >= 4 is 11.6 Å². The molecule has 2 N–H and O–H groups in total. The van der Waals surface area contributed by atoms with E-state index in [0.29, 0.717) is 5.92 Å². The lowest BCUT2D eigenvalue weighted by molar-refractivity contribution is 0.455. The molecule has 0 saturated heterocycles. The second-order valence-electron chi connectivity index (χ2n) is 3.91. The van der Waals surface area contributed by atoms with Crippen LogP contribution in [0, 0.1) is 12.8 Å². The molecule has 0 aromatic heterocycles. The van der Waals surface area contributed by atoms with E-state index in [2.05, 4.69) is 20.8 Å². The smallest absolute Gasteiger partial charge is 0.0409 e. The Balaban J connectivity index is 2.99. The third kappa shape index (κ3) is 2.49. The molecule has 2 heteroatoms. The van der Waals surface area contributed by atoms with Gasteiger partial charge in [0.05, 0.1) is 0 Å². The van der Waals surface area contributed by atoms with Gasteiger partial charge in [-0.15, -0.1) is 0 Å². The lowest BCUT2D eigenvalue weighted by Gasteiger charge is -2.20. The average Bonchev–Trinajstić information content (AvgIpc) is 2.19. The molecule has 0 amide bonds. The minimum atomic E-state index is 0.0960. The Labute approximate surface area is 91.3 Å². The molecule has 0 radical (unpaired) electrons. The molecule has 2 unspecified atom stereocenters. The Morgan fingerprint density at radius 2 is 2.07 bits per heavy atom. The first-order valence-corrected chi connectivity index (χ1v) is 5.45. The van der Waals surface area contributed by atoms with Crippen molar-refractivity contribution in [2.75, 3.05) is 0 Å².